The summed E-state index contributed by atoms with van der Waals surface area (Å²) < 4.78 is 0. The molecule has 0 aliphatic carbocycles. The van der Waals surface area contributed by atoms with Crippen LogP contribution in [0.15, 0.2) is 42.5 Å². The Balaban J connectivity index is 2.04. The fourth-order valence-electron chi connectivity index (χ4n) is 2.12. The summed E-state index contributed by atoms with van der Waals surface area (Å²) in [5.74, 6) is -0.192. The zero-order chi connectivity index (χ0) is 15.4. The molecule has 2 rings (SSSR count). The number of aliphatic hydroxyl groups excluding tert-OH is 1. The van der Waals surface area contributed by atoms with Gasteiger partial charge in [-0.15, -0.1) is 0 Å². The summed E-state index contributed by atoms with van der Waals surface area (Å²) in [6.07, 6.45) is -0.826. The van der Waals surface area contributed by atoms with E-state index in [2.05, 4.69) is 5.32 Å². The first-order valence-electron chi connectivity index (χ1n) is 6.77. The second-order valence-electron chi connectivity index (χ2n) is 5.07. The first-order chi connectivity index (χ1) is 9.99. The number of benzene rings is 2. The zero-order valence-electron chi connectivity index (χ0n) is 12.1. The summed E-state index contributed by atoms with van der Waals surface area (Å²) in [5.41, 5.74) is 3.17. The molecule has 0 aliphatic heterocycles. The molecule has 0 fully saturated rings. The summed E-state index contributed by atoms with van der Waals surface area (Å²) >= 11 is 6.02. The lowest BCUT2D eigenvalue weighted by Crippen LogP contribution is -2.29. The molecule has 2 aromatic carbocycles. The van der Waals surface area contributed by atoms with Gasteiger partial charge < -0.3 is 10.4 Å². The Kier molecular flexibility index (Phi) is 4.99. The van der Waals surface area contributed by atoms with Gasteiger partial charge in [0, 0.05) is 22.7 Å². The Morgan fingerprint density at radius 2 is 1.95 bits per heavy atom. The third-order valence-electron chi connectivity index (χ3n) is 3.36. The van der Waals surface area contributed by atoms with Gasteiger partial charge in [0.05, 0.1) is 6.10 Å². The number of carbonyl (C=O) groups excluding carboxylic acids is 1. The number of nitrogens with one attached hydrogen (secondary N) is 1. The Morgan fingerprint density at radius 1 is 1.24 bits per heavy atom. The standard InChI is InChI=1S/C17H18ClNO2/c1-11-7-8-12(2)14(9-11)17(21)19-10-16(20)13-5-3-4-6-15(13)18/h3-9,16,20H,10H2,1-2H3,(H,19,21). The fourth-order valence-corrected chi connectivity index (χ4v) is 2.38. The van der Waals surface area contributed by atoms with Gasteiger partial charge in [-0.2, -0.15) is 0 Å². The largest absolute Gasteiger partial charge is 0.387 e. The average Bonchev–Trinajstić information content (AvgIpc) is 2.47. The van der Waals surface area contributed by atoms with E-state index >= 15 is 0 Å². The van der Waals surface area contributed by atoms with Crippen molar-refractivity contribution in [2.24, 2.45) is 0 Å². The molecule has 2 aromatic rings. The van der Waals surface area contributed by atoms with E-state index in [4.69, 9.17) is 11.6 Å². The zero-order valence-corrected chi connectivity index (χ0v) is 12.8. The molecule has 3 nitrogen and oxygen atoms in total. The Hall–Kier alpha value is -1.84. The number of aryl methyl sites for hydroxylation is 2. The maximum Gasteiger partial charge on any atom is 0.251 e. The molecular weight excluding hydrogens is 286 g/mol. The Labute approximate surface area is 129 Å². The molecule has 0 bridgehead atoms. The van der Waals surface area contributed by atoms with Crippen LogP contribution in [0.3, 0.4) is 0 Å². The lowest BCUT2D eigenvalue weighted by molar-refractivity contribution is 0.0915. The number of aliphatic hydroxyl groups is 1. The molecule has 1 atom stereocenters. The monoisotopic (exact) mass is 303 g/mol. The molecule has 0 aliphatic rings. The van der Waals surface area contributed by atoms with Gasteiger partial charge >= 0.3 is 0 Å². The molecule has 1 amide bonds. The van der Waals surface area contributed by atoms with Crippen LogP contribution in [0.25, 0.3) is 0 Å². The van der Waals surface area contributed by atoms with E-state index < -0.39 is 6.10 Å². The number of halogens is 1. The molecule has 0 saturated heterocycles. The quantitative estimate of drug-likeness (QED) is 0.909. The SMILES string of the molecule is Cc1ccc(C)c(C(=O)NCC(O)c2ccccc2Cl)c1. The Bertz CT molecular complexity index is 655. The lowest BCUT2D eigenvalue weighted by atomic mass is 10.0. The molecule has 0 radical (unpaired) electrons. The van der Waals surface area contributed by atoms with Crippen LogP contribution < -0.4 is 5.32 Å². The van der Waals surface area contributed by atoms with Gasteiger partial charge in [0.15, 0.2) is 0 Å². The van der Waals surface area contributed by atoms with E-state index in [1.807, 2.05) is 32.0 Å². The number of rotatable bonds is 4. The summed E-state index contributed by atoms with van der Waals surface area (Å²) in [6.45, 7) is 3.95. The third kappa shape index (κ3) is 3.84. The molecule has 0 aromatic heterocycles. The van der Waals surface area contributed by atoms with E-state index in [9.17, 15) is 9.90 Å². The third-order valence-corrected chi connectivity index (χ3v) is 3.70. The van der Waals surface area contributed by atoms with Crippen molar-refractivity contribution in [1.82, 2.24) is 5.32 Å². The van der Waals surface area contributed by atoms with Crippen LogP contribution in [-0.4, -0.2) is 17.6 Å². The van der Waals surface area contributed by atoms with Gasteiger partial charge in [0.1, 0.15) is 0 Å². The minimum atomic E-state index is -0.826. The molecule has 1 unspecified atom stereocenters. The molecule has 2 N–H and O–H groups in total. The van der Waals surface area contributed by atoms with E-state index in [0.717, 1.165) is 11.1 Å². The molecular formula is C17H18ClNO2. The molecule has 110 valence electrons. The normalized spacial score (nSPS) is 12.0. The van der Waals surface area contributed by atoms with Gasteiger partial charge in [0.2, 0.25) is 0 Å². The second kappa shape index (κ2) is 6.74. The van der Waals surface area contributed by atoms with Crippen LogP contribution in [0.1, 0.15) is 33.2 Å². The molecule has 0 heterocycles. The average molecular weight is 304 g/mol. The van der Waals surface area contributed by atoms with E-state index in [-0.39, 0.29) is 12.5 Å². The highest BCUT2D eigenvalue weighted by molar-refractivity contribution is 6.31. The van der Waals surface area contributed by atoms with E-state index in [1.165, 1.54) is 0 Å². The first-order valence-corrected chi connectivity index (χ1v) is 7.15. The number of carbonyl (C=O) groups is 1. The molecule has 21 heavy (non-hydrogen) atoms. The highest BCUT2D eigenvalue weighted by Crippen LogP contribution is 2.22. The van der Waals surface area contributed by atoms with Crippen molar-refractivity contribution < 1.29 is 9.90 Å². The van der Waals surface area contributed by atoms with Crippen molar-refractivity contribution in [3.63, 3.8) is 0 Å². The van der Waals surface area contributed by atoms with Crippen LogP contribution in [0.5, 0.6) is 0 Å². The number of amides is 1. The first kappa shape index (κ1) is 15.5. The van der Waals surface area contributed by atoms with Gasteiger partial charge in [-0.3, -0.25) is 4.79 Å². The fraction of sp³-hybridized carbons (Fsp3) is 0.235. The van der Waals surface area contributed by atoms with Crippen molar-refractivity contribution in [2.45, 2.75) is 20.0 Å². The highest BCUT2D eigenvalue weighted by Gasteiger charge is 2.14. The van der Waals surface area contributed by atoms with Crippen LogP contribution >= 0.6 is 11.6 Å². The number of hydrogen-bond acceptors (Lipinski definition) is 2. The second-order valence-corrected chi connectivity index (χ2v) is 5.47. The van der Waals surface area contributed by atoms with Gasteiger partial charge in [-0.25, -0.2) is 0 Å². The maximum atomic E-state index is 12.2. The van der Waals surface area contributed by atoms with E-state index in [0.29, 0.717) is 16.1 Å². The molecule has 0 saturated carbocycles. The predicted molar refractivity (Wildman–Crippen MR) is 84.7 cm³/mol. The van der Waals surface area contributed by atoms with Crippen molar-refractivity contribution in [1.29, 1.82) is 0 Å². The lowest BCUT2D eigenvalue weighted by Gasteiger charge is -2.14. The molecule has 4 heteroatoms. The summed E-state index contributed by atoms with van der Waals surface area (Å²) in [7, 11) is 0. The molecule has 0 spiro atoms. The highest BCUT2D eigenvalue weighted by atomic mass is 35.5. The minimum absolute atomic E-state index is 0.121. The van der Waals surface area contributed by atoms with Crippen LogP contribution in [0.4, 0.5) is 0 Å². The maximum absolute atomic E-state index is 12.2. The smallest absolute Gasteiger partial charge is 0.251 e. The van der Waals surface area contributed by atoms with Gasteiger partial charge in [-0.05, 0) is 31.5 Å². The van der Waals surface area contributed by atoms with Crippen LogP contribution in [-0.2, 0) is 0 Å². The van der Waals surface area contributed by atoms with Crippen LogP contribution in [0, 0.1) is 13.8 Å². The summed E-state index contributed by atoms with van der Waals surface area (Å²) in [6, 6.07) is 12.8. The Morgan fingerprint density at radius 3 is 2.67 bits per heavy atom. The predicted octanol–water partition coefficient (Wildman–Crippen LogP) is 3.42. The van der Waals surface area contributed by atoms with Crippen LogP contribution in [0.2, 0.25) is 5.02 Å². The van der Waals surface area contributed by atoms with E-state index in [1.54, 1.807) is 24.3 Å². The van der Waals surface area contributed by atoms with Gasteiger partial charge in [-0.1, -0.05) is 47.5 Å². The van der Waals surface area contributed by atoms with Crippen molar-refractivity contribution in [3.8, 4) is 0 Å². The topological polar surface area (TPSA) is 49.3 Å². The van der Waals surface area contributed by atoms with Crippen molar-refractivity contribution in [3.05, 3.63) is 69.7 Å². The number of hydrogen-bond donors (Lipinski definition) is 2. The summed E-state index contributed by atoms with van der Waals surface area (Å²) in [5, 5.41) is 13.4. The summed E-state index contributed by atoms with van der Waals surface area (Å²) in [4.78, 5) is 12.2. The van der Waals surface area contributed by atoms with Crippen molar-refractivity contribution >= 4 is 17.5 Å². The van der Waals surface area contributed by atoms with Gasteiger partial charge in [0.25, 0.3) is 5.91 Å². The minimum Gasteiger partial charge on any atom is -0.387 e. The van der Waals surface area contributed by atoms with Crippen molar-refractivity contribution in [2.75, 3.05) is 6.54 Å².